The maximum Gasteiger partial charge on any atom is 0.141 e. The van der Waals surface area contributed by atoms with E-state index in [2.05, 4.69) is 25.3 Å². The molecule has 1 saturated heterocycles. The third-order valence-electron chi connectivity index (χ3n) is 4.57. The SMILES string of the molecule is Cn1nccc1CN1CCOC(c2ccc(Nc3ccc(F)cn3)cn2)C1. The second-order valence-electron chi connectivity index (χ2n) is 6.50. The highest BCUT2D eigenvalue weighted by Gasteiger charge is 2.23. The highest BCUT2D eigenvalue weighted by atomic mass is 19.1. The largest absolute Gasteiger partial charge is 0.369 e. The maximum absolute atomic E-state index is 12.9. The van der Waals surface area contributed by atoms with E-state index in [0.717, 1.165) is 31.0 Å². The molecule has 0 bridgehead atoms. The molecule has 0 aromatic carbocycles. The second kappa shape index (κ2) is 7.81. The molecule has 1 aliphatic rings. The molecule has 1 fully saturated rings. The molecular weight excluding hydrogens is 347 g/mol. The van der Waals surface area contributed by atoms with E-state index in [1.807, 2.05) is 36.1 Å². The van der Waals surface area contributed by atoms with Crippen LogP contribution in [0.25, 0.3) is 0 Å². The molecule has 1 unspecified atom stereocenters. The number of aromatic nitrogens is 4. The van der Waals surface area contributed by atoms with Gasteiger partial charge in [-0.2, -0.15) is 5.10 Å². The number of morpholine rings is 1. The van der Waals surface area contributed by atoms with Crippen molar-refractivity contribution in [3.8, 4) is 0 Å². The summed E-state index contributed by atoms with van der Waals surface area (Å²) in [7, 11) is 1.95. The Morgan fingerprint density at radius 2 is 2.11 bits per heavy atom. The van der Waals surface area contributed by atoms with Crippen LogP contribution < -0.4 is 5.32 Å². The number of anilines is 2. The average Bonchev–Trinajstić information content (AvgIpc) is 3.09. The number of nitrogens with zero attached hydrogens (tertiary/aromatic N) is 5. The third kappa shape index (κ3) is 4.29. The van der Waals surface area contributed by atoms with Gasteiger partial charge >= 0.3 is 0 Å². The third-order valence-corrected chi connectivity index (χ3v) is 4.57. The first-order valence-corrected chi connectivity index (χ1v) is 8.83. The number of halogens is 1. The Bertz CT molecular complexity index is 880. The molecule has 0 spiro atoms. The molecule has 1 atom stereocenters. The Hall–Kier alpha value is -2.84. The summed E-state index contributed by atoms with van der Waals surface area (Å²) < 4.78 is 20.7. The fraction of sp³-hybridized carbons (Fsp3) is 0.316. The van der Waals surface area contributed by atoms with Gasteiger partial charge < -0.3 is 10.1 Å². The quantitative estimate of drug-likeness (QED) is 0.747. The van der Waals surface area contributed by atoms with Gasteiger partial charge in [-0.25, -0.2) is 9.37 Å². The summed E-state index contributed by atoms with van der Waals surface area (Å²) in [5, 5.41) is 7.33. The number of hydrogen-bond donors (Lipinski definition) is 1. The van der Waals surface area contributed by atoms with Crippen molar-refractivity contribution in [3.05, 3.63) is 66.1 Å². The van der Waals surface area contributed by atoms with Gasteiger partial charge in [-0.15, -0.1) is 0 Å². The molecule has 1 N–H and O–H groups in total. The minimum Gasteiger partial charge on any atom is -0.369 e. The van der Waals surface area contributed by atoms with Crippen LogP contribution in [0.15, 0.2) is 48.9 Å². The van der Waals surface area contributed by atoms with Crippen LogP contribution in [-0.4, -0.2) is 44.3 Å². The van der Waals surface area contributed by atoms with Gasteiger partial charge in [-0.1, -0.05) is 0 Å². The van der Waals surface area contributed by atoms with Gasteiger partial charge in [0.15, 0.2) is 0 Å². The highest BCUT2D eigenvalue weighted by Crippen LogP contribution is 2.23. The minimum atomic E-state index is -0.362. The van der Waals surface area contributed by atoms with E-state index >= 15 is 0 Å². The van der Waals surface area contributed by atoms with E-state index in [0.29, 0.717) is 12.4 Å². The molecular formula is C19H21FN6O. The average molecular weight is 368 g/mol. The fourth-order valence-electron chi connectivity index (χ4n) is 3.08. The van der Waals surface area contributed by atoms with Gasteiger partial charge in [0.1, 0.15) is 17.7 Å². The van der Waals surface area contributed by atoms with Crippen LogP contribution in [0.2, 0.25) is 0 Å². The first kappa shape index (κ1) is 17.6. The Kier molecular flexibility index (Phi) is 5.08. The predicted octanol–water partition coefficient (Wildman–Crippen LogP) is 2.67. The van der Waals surface area contributed by atoms with E-state index in [1.165, 1.54) is 18.0 Å². The lowest BCUT2D eigenvalue weighted by Gasteiger charge is -2.32. The van der Waals surface area contributed by atoms with Crippen molar-refractivity contribution in [2.75, 3.05) is 25.0 Å². The Labute approximate surface area is 156 Å². The van der Waals surface area contributed by atoms with E-state index in [1.54, 1.807) is 12.3 Å². The van der Waals surface area contributed by atoms with Gasteiger partial charge in [-0.3, -0.25) is 14.6 Å². The van der Waals surface area contributed by atoms with Crippen molar-refractivity contribution < 1.29 is 9.13 Å². The van der Waals surface area contributed by atoms with Crippen LogP contribution in [0, 0.1) is 5.82 Å². The van der Waals surface area contributed by atoms with Crippen molar-refractivity contribution in [2.45, 2.75) is 12.6 Å². The van der Waals surface area contributed by atoms with E-state index < -0.39 is 0 Å². The smallest absolute Gasteiger partial charge is 0.141 e. The second-order valence-corrected chi connectivity index (χ2v) is 6.50. The van der Waals surface area contributed by atoms with Crippen LogP contribution >= 0.6 is 0 Å². The van der Waals surface area contributed by atoms with Crippen LogP contribution in [-0.2, 0) is 18.3 Å². The van der Waals surface area contributed by atoms with Gasteiger partial charge in [0, 0.05) is 32.9 Å². The van der Waals surface area contributed by atoms with E-state index in [4.69, 9.17) is 4.74 Å². The lowest BCUT2D eigenvalue weighted by atomic mass is 10.1. The summed E-state index contributed by atoms with van der Waals surface area (Å²) in [6, 6.07) is 8.86. The van der Waals surface area contributed by atoms with Crippen molar-refractivity contribution in [1.29, 1.82) is 0 Å². The lowest BCUT2D eigenvalue weighted by molar-refractivity contribution is -0.0356. The molecule has 4 heterocycles. The number of aryl methyl sites for hydroxylation is 1. The van der Waals surface area contributed by atoms with Crippen LogP contribution in [0.4, 0.5) is 15.9 Å². The van der Waals surface area contributed by atoms with Crippen LogP contribution in [0.1, 0.15) is 17.5 Å². The van der Waals surface area contributed by atoms with E-state index in [-0.39, 0.29) is 11.9 Å². The van der Waals surface area contributed by atoms with E-state index in [9.17, 15) is 4.39 Å². The fourth-order valence-corrected chi connectivity index (χ4v) is 3.08. The highest BCUT2D eigenvalue weighted by molar-refractivity contribution is 5.54. The summed E-state index contributed by atoms with van der Waals surface area (Å²) in [6.07, 6.45) is 4.67. The van der Waals surface area contributed by atoms with Crippen molar-refractivity contribution in [1.82, 2.24) is 24.6 Å². The number of hydrogen-bond acceptors (Lipinski definition) is 6. The zero-order valence-corrected chi connectivity index (χ0v) is 15.0. The summed E-state index contributed by atoms with van der Waals surface area (Å²) in [5.74, 6) is 0.210. The van der Waals surface area contributed by atoms with Gasteiger partial charge in [0.05, 0.1) is 36.1 Å². The molecule has 0 radical (unpaired) electrons. The Balaban J connectivity index is 1.39. The lowest BCUT2D eigenvalue weighted by Crippen LogP contribution is -2.38. The zero-order chi connectivity index (χ0) is 18.6. The van der Waals surface area contributed by atoms with Gasteiger partial charge in [-0.05, 0) is 30.3 Å². The number of nitrogens with one attached hydrogen (secondary N) is 1. The van der Waals surface area contributed by atoms with Crippen molar-refractivity contribution >= 4 is 11.5 Å². The minimum absolute atomic E-state index is 0.0648. The summed E-state index contributed by atoms with van der Waals surface area (Å²) >= 11 is 0. The molecule has 140 valence electrons. The first-order valence-electron chi connectivity index (χ1n) is 8.83. The topological polar surface area (TPSA) is 68.1 Å². The van der Waals surface area contributed by atoms with Crippen molar-refractivity contribution in [2.24, 2.45) is 7.05 Å². The molecule has 27 heavy (non-hydrogen) atoms. The number of pyridine rings is 2. The molecule has 0 aliphatic carbocycles. The first-order chi connectivity index (χ1) is 13.2. The molecule has 1 aliphatic heterocycles. The predicted molar refractivity (Wildman–Crippen MR) is 98.9 cm³/mol. The van der Waals surface area contributed by atoms with Gasteiger partial charge in [0.25, 0.3) is 0 Å². The molecule has 3 aromatic rings. The Morgan fingerprint density at radius 1 is 1.19 bits per heavy atom. The van der Waals surface area contributed by atoms with Gasteiger partial charge in [0.2, 0.25) is 0 Å². The molecule has 3 aromatic heterocycles. The Morgan fingerprint density at radius 3 is 2.81 bits per heavy atom. The molecule has 0 saturated carbocycles. The van der Waals surface area contributed by atoms with Crippen LogP contribution in [0.5, 0.6) is 0 Å². The molecule has 4 rings (SSSR count). The molecule has 0 amide bonds. The van der Waals surface area contributed by atoms with Crippen LogP contribution in [0.3, 0.4) is 0 Å². The monoisotopic (exact) mass is 368 g/mol. The zero-order valence-electron chi connectivity index (χ0n) is 15.0. The number of rotatable bonds is 5. The summed E-state index contributed by atoms with van der Waals surface area (Å²) in [6.45, 7) is 3.18. The van der Waals surface area contributed by atoms with Crippen molar-refractivity contribution in [3.63, 3.8) is 0 Å². The molecule has 8 heteroatoms. The molecule has 7 nitrogen and oxygen atoms in total. The maximum atomic E-state index is 12.9. The normalized spacial score (nSPS) is 17.8. The standard InChI is InChI=1S/C19H21FN6O/c1-25-16(6-7-23-25)12-26-8-9-27-18(13-26)17-4-3-15(11-21-17)24-19-5-2-14(20)10-22-19/h2-7,10-11,18H,8-9,12-13H2,1H3,(H,22,24). The number of ether oxygens (including phenoxy) is 1. The summed E-state index contributed by atoms with van der Waals surface area (Å²) in [4.78, 5) is 10.9. The summed E-state index contributed by atoms with van der Waals surface area (Å²) in [5.41, 5.74) is 2.86.